The second-order valence-corrected chi connectivity index (χ2v) is 6.23. The minimum absolute atomic E-state index is 0.102. The van der Waals surface area contributed by atoms with E-state index in [4.69, 9.17) is 11.6 Å². The summed E-state index contributed by atoms with van der Waals surface area (Å²) < 4.78 is 28.2. The normalized spacial score (nSPS) is 11.7. The second-order valence-electron chi connectivity index (χ2n) is 5.82. The van der Waals surface area contributed by atoms with Gasteiger partial charge in [0.2, 0.25) is 5.91 Å². The maximum Gasteiger partial charge on any atom is 0.255 e. The third-order valence-electron chi connectivity index (χ3n) is 4.01. The van der Waals surface area contributed by atoms with Crippen LogP contribution in [0.5, 0.6) is 0 Å². The highest BCUT2D eigenvalue weighted by atomic mass is 35.5. The number of aromatic nitrogens is 2. The standard InChI is InChI=1S/C19H15ClF2N4O2/c1-23-19(28)17(11-6-7-14(21)15(22)8-11)25-18(27)12-9-24-26(10-12)16-5-3-2-4-13(16)20/h2-10,17H,1H3,(H,23,28)(H,25,27). The summed E-state index contributed by atoms with van der Waals surface area (Å²) in [5.74, 6) is -3.37. The molecule has 1 atom stereocenters. The SMILES string of the molecule is CNC(=O)C(NC(=O)c1cnn(-c2ccccc2Cl)c1)c1ccc(F)c(F)c1. The van der Waals surface area contributed by atoms with Crippen LogP contribution in [-0.2, 0) is 4.79 Å². The summed E-state index contributed by atoms with van der Waals surface area (Å²) in [6.07, 6.45) is 2.76. The first-order valence-corrected chi connectivity index (χ1v) is 8.55. The minimum atomic E-state index is -1.21. The van der Waals surface area contributed by atoms with Gasteiger partial charge in [0.25, 0.3) is 5.91 Å². The number of para-hydroxylation sites is 1. The van der Waals surface area contributed by atoms with E-state index < -0.39 is 29.5 Å². The molecule has 0 fully saturated rings. The van der Waals surface area contributed by atoms with Gasteiger partial charge in [-0.3, -0.25) is 9.59 Å². The summed E-state index contributed by atoms with van der Waals surface area (Å²) in [6.45, 7) is 0. The Balaban J connectivity index is 1.86. The van der Waals surface area contributed by atoms with E-state index in [-0.39, 0.29) is 11.1 Å². The van der Waals surface area contributed by atoms with Crippen molar-refractivity contribution < 1.29 is 18.4 Å². The van der Waals surface area contributed by atoms with Crippen LogP contribution in [0.1, 0.15) is 22.0 Å². The van der Waals surface area contributed by atoms with Gasteiger partial charge in [0.15, 0.2) is 11.6 Å². The van der Waals surface area contributed by atoms with Crippen LogP contribution in [0.3, 0.4) is 0 Å². The zero-order valence-electron chi connectivity index (χ0n) is 14.6. The van der Waals surface area contributed by atoms with E-state index >= 15 is 0 Å². The van der Waals surface area contributed by atoms with Gasteiger partial charge < -0.3 is 10.6 Å². The number of nitrogens with zero attached hydrogens (tertiary/aromatic N) is 2. The Kier molecular flexibility index (Phi) is 5.70. The molecule has 0 saturated carbocycles. The molecular weight excluding hydrogens is 390 g/mol. The highest BCUT2D eigenvalue weighted by Crippen LogP contribution is 2.20. The Morgan fingerprint density at radius 2 is 1.89 bits per heavy atom. The topological polar surface area (TPSA) is 76.0 Å². The number of halogens is 3. The second kappa shape index (κ2) is 8.18. The lowest BCUT2D eigenvalue weighted by atomic mass is 10.1. The summed E-state index contributed by atoms with van der Waals surface area (Å²) in [6, 6.07) is 8.72. The molecule has 144 valence electrons. The van der Waals surface area contributed by atoms with E-state index in [1.54, 1.807) is 24.3 Å². The van der Waals surface area contributed by atoms with Crippen LogP contribution < -0.4 is 10.6 Å². The molecule has 0 aliphatic heterocycles. The number of carbonyl (C=O) groups is 2. The van der Waals surface area contributed by atoms with E-state index in [9.17, 15) is 18.4 Å². The molecule has 3 aromatic rings. The number of likely N-dealkylation sites (N-methyl/N-ethyl adjacent to an activating group) is 1. The van der Waals surface area contributed by atoms with Crippen molar-refractivity contribution in [2.75, 3.05) is 7.05 Å². The van der Waals surface area contributed by atoms with Crippen LogP contribution in [0.4, 0.5) is 8.78 Å². The molecule has 0 radical (unpaired) electrons. The first-order valence-electron chi connectivity index (χ1n) is 8.17. The molecule has 2 aromatic carbocycles. The Morgan fingerprint density at radius 1 is 1.14 bits per heavy atom. The molecule has 1 heterocycles. The Bertz CT molecular complexity index is 1040. The Labute approximate surface area is 164 Å². The van der Waals surface area contributed by atoms with E-state index in [2.05, 4.69) is 15.7 Å². The molecule has 0 saturated heterocycles. The van der Waals surface area contributed by atoms with Crippen LogP contribution in [0.25, 0.3) is 5.69 Å². The van der Waals surface area contributed by atoms with E-state index in [0.717, 1.165) is 12.1 Å². The average molecular weight is 405 g/mol. The van der Waals surface area contributed by atoms with Crippen LogP contribution in [-0.4, -0.2) is 28.6 Å². The van der Waals surface area contributed by atoms with E-state index in [1.807, 2.05) is 0 Å². The first kappa shape index (κ1) is 19.5. The van der Waals surface area contributed by atoms with Gasteiger partial charge in [0, 0.05) is 13.2 Å². The monoisotopic (exact) mass is 404 g/mol. The summed E-state index contributed by atoms with van der Waals surface area (Å²) in [5, 5.41) is 9.43. The fourth-order valence-electron chi connectivity index (χ4n) is 2.56. The highest BCUT2D eigenvalue weighted by molar-refractivity contribution is 6.32. The van der Waals surface area contributed by atoms with Crippen LogP contribution in [0, 0.1) is 11.6 Å². The van der Waals surface area contributed by atoms with Crippen molar-refractivity contribution in [3.05, 3.63) is 82.6 Å². The quantitative estimate of drug-likeness (QED) is 0.686. The van der Waals surface area contributed by atoms with Crippen molar-refractivity contribution in [3.8, 4) is 5.69 Å². The number of amides is 2. The number of hydrogen-bond acceptors (Lipinski definition) is 3. The van der Waals surface area contributed by atoms with Crippen molar-refractivity contribution in [1.82, 2.24) is 20.4 Å². The highest BCUT2D eigenvalue weighted by Gasteiger charge is 2.24. The van der Waals surface area contributed by atoms with Crippen LogP contribution >= 0.6 is 11.6 Å². The van der Waals surface area contributed by atoms with Gasteiger partial charge in [0.05, 0.1) is 22.5 Å². The fraction of sp³-hybridized carbons (Fsp3) is 0.105. The maximum absolute atomic E-state index is 13.6. The van der Waals surface area contributed by atoms with Crippen molar-refractivity contribution in [1.29, 1.82) is 0 Å². The molecule has 2 amide bonds. The predicted octanol–water partition coefficient (Wildman–Crippen LogP) is 3.02. The van der Waals surface area contributed by atoms with E-state index in [1.165, 1.54) is 30.2 Å². The molecule has 9 heteroatoms. The van der Waals surface area contributed by atoms with Crippen molar-refractivity contribution >= 4 is 23.4 Å². The zero-order valence-corrected chi connectivity index (χ0v) is 15.4. The summed E-state index contributed by atoms with van der Waals surface area (Å²) in [7, 11) is 1.37. The first-order chi connectivity index (χ1) is 13.4. The summed E-state index contributed by atoms with van der Waals surface area (Å²) >= 11 is 6.12. The van der Waals surface area contributed by atoms with Gasteiger partial charge in [-0.05, 0) is 29.8 Å². The van der Waals surface area contributed by atoms with Gasteiger partial charge in [-0.25, -0.2) is 13.5 Å². The molecule has 0 aliphatic rings. The van der Waals surface area contributed by atoms with Crippen molar-refractivity contribution in [2.24, 2.45) is 0 Å². The zero-order chi connectivity index (χ0) is 20.3. The fourth-order valence-corrected chi connectivity index (χ4v) is 2.78. The van der Waals surface area contributed by atoms with Gasteiger partial charge >= 0.3 is 0 Å². The molecule has 6 nitrogen and oxygen atoms in total. The summed E-state index contributed by atoms with van der Waals surface area (Å²) in [4.78, 5) is 24.8. The van der Waals surface area contributed by atoms with Gasteiger partial charge in [-0.2, -0.15) is 5.10 Å². The smallest absolute Gasteiger partial charge is 0.255 e. The number of rotatable bonds is 5. The van der Waals surface area contributed by atoms with Gasteiger partial charge in [-0.15, -0.1) is 0 Å². The molecular formula is C19H15ClF2N4O2. The minimum Gasteiger partial charge on any atom is -0.357 e. The number of benzene rings is 2. The number of nitrogens with one attached hydrogen (secondary N) is 2. The molecule has 1 unspecified atom stereocenters. The van der Waals surface area contributed by atoms with Gasteiger partial charge in [0.1, 0.15) is 6.04 Å². The van der Waals surface area contributed by atoms with E-state index in [0.29, 0.717) is 10.7 Å². The molecule has 0 aliphatic carbocycles. The molecule has 0 spiro atoms. The largest absolute Gasteiger partial charge is 0.357 e. The molecule has 3 rings (SSSR count). The third kappa shape index (κ3) is 4.01. The molecule has 1 aromatic heterocycles. The van der Waals surface area contributed by atoms with Crippen LogP contribution in [0.2, 0.25) is 5.02 Å². The predicted molar refractivity (Wildman–Crippen MR) is 99.2 cm³/mol. The lowest BCUT2D eigenvalue weighted by molar-refractivity contribution is -0.122. The van der Waals surface area contributed by atoms with Crippen molar-refractivity contribution in [2.45, 2.75) is 6.04 Å². The Morgan fingerprint density at radius 3 is 2.57 bits per heavy atom. The maximum atomic E-state index is 13.6. The van der Waals surface area contributed by atoms with Crippen LogP contribution in [0.15, 0.2) is 54.9 Å². The summed E-state index contributed by atoms with van der Waals surface area (Å²) in [5.41, 5.74) is 0.841. The molecule has 28 heavy (non-hydrogen) atoms. The number of carbonyl (C=O) groups excluding carboxylic acids is 2. The van der Waals surface area contributed by atoms with Gasteiger partial charge in [-0.1, -0.05) is 29.8 Å². The Hall–Kier alpha value is -3.26. The average Bonchev–Trinajstić information content (AvgIpc) is 3.18. The molecule has 0 bridgehead atoms. The third-order valence-corrected chi connectivity index (χ3v) is 4.32. The lowest BCUT2D eigenvalue weighted by Crippen LogP contribution is -2.39. The number of hydrogen-bond donors (Lipinski definition) is 2. The molecule has 2 N–H and O–H groups in total. The van der Waals surface area contributed by atoms with Crippen molar-refractivity contribution in [3.63, 3.8) is 0 Å². The lowest BCUT2D eigenvalue weighted by Gasteiger charge is -2.17.